The topological polar surface area (TPSA) is 53.8 Å². The van der Waals surface area contributed by atoms with Crippen molar-refractivity contribution in [2.24, 2.45) is 0 Å². The Morgan fingerprint density at radius 3 is 2.69 bits per heavy atom. The van der Waals surface area contributed by atoms with E-state index in [1.165, 1.54) is 6.20 Å². The summed E-state index contributed by atoms with van der Waals surface area (Å²) in [4.78, 5) is 4.32. The number of nitrogens with one attached hydrogen (secondary N) is 1. The highest BCUT2D eigenvalue weighted by molar-refractivity contribution is 7.93. The van der Waals surface area contributed by atoms with Gasteiger partial charge in [-0.3, -0.25) is 0 Å². The summed E-state index contributed by atoms with van der Waals surface area (Å²) in [6.45, 7) is 0. The lowest BCUT2D eigenvalue weighted by atomic mass is 10.5. The van der Waals surface area contributed by atoms with E-state index in [0.717, 1.165) is 12.8 Å². The van der Waals surface area contributed by atoms with Crippen molar-refractivity contribution < 1.29 is 4.21 Å². The molecule has 13 heavy (non-hydrogen) atoms. The first kappa shape index (κ1) is 8.97. The Morgan fingerprint density at radius 1 is 1.54 bits per heavy atom. The van der Waals surface area contributed by atoms with Gasteiger partial charge in [-0.15, -0.1) is 0 Å². The van der Waals surface area contributed by atoms with E-state index in [2.05, 4.69) is 4.98 Å². The van der Waals surface area contributed by atoms with Crippen LogP contribution in [0.25, 0.3) is 0 Å². The zero-order valence-corrected chi connectivity index (χ0v) is 8.44. The minimum absolute atomic E-state index is 0.0375. The molecule has 70 valence electrons. The first-order valence-electron chi connectivity index (χ1n) is 4.00. The molecule has 0 spiro atoms. The van der Waals surface area contributed by atoms with Crippen LogP contribution in [0, 0.1) is 4.78 Å². The minimum Gasteiger partial charge on any atom is -0.249 e. The number of nitrogens with zero attached hydrogens (tertiary/aromatic N) is 1. The molecule has 0 radical (unpaired) electrons. The van der Waals surface area contributed by atoms with E-state index in [1.54, 1.807) is 12.1 Å². The maximum Gasteiger partial charge on any atom is 0.129 e. The summed E-state index contributed by atoms with van der Waals surface area (Å²) in [5.41, 5.74) is 0. The molecule has 0 amide bonds. The number of pyridine rings is 1. The molecule has 1 fully saturated rings. The second-order valence-electron chi connectivity index (χ2n) is 3.12. The van der Waals surface area contributed by atoms with Crippen LogP contribution >= 0.6 is 11.6 Å². The van der Waals surface area contributed by atoms with E-state index in [0.29, 0.717) is 10.0 Å². The first-order valence-corrected chi connectivity index (χ1v) is 6.00. The molecule has 1 aliphatic carbocycles. The molecule has 1 N–H and O–H groups in total. The van der Waals surface area contributed by atoms with Gasteiger partial charge in [0, 0.05) is 11.4 Å². The van der Waals surface area contributed by atoms with Crippen LogP contribution < -0.4 is 0 Å². The summed E-state index contributed by atoms with van der Waals surface area (Å²) in [7, 11) is -2.60. The van der Waals surface area contributed by atoms with Gasteiger partial charge in [0.2, 0.25) is 0 Å². The van der Waals surface area contributed by atoms with Crippen LogP contribution in [-0.2, 0) is 9.73 Å². The highest BCUT2D eigenvalue weighted by Crippen LogP contribution is 2.33. The Labute approximate surface area is 82.1 Å². The average molecular weight is 217 g/mol. The van der Waals surface area contributed by atoms with E-state index in [9.17, 15) is 4.21 Å². The Kier molecular flexibility index (Phi) is 2.04. The van der Waals surface area contributed by atoms with Gasteiger partial charge in [0.05, 0.1) is 14.6 Å². The van der Waals surface area contributed by atoms with Crippen LogP contribution in [0.4, 0.5) is 0 Å². The van der Waals surface area contributed by atoms with Gasteiger partial charge < -0.3 is 0 Å². The van der Waals surface area contributed by atoms with Crippen molar-refractivity contribution in [3.8, 4) is 0 Å². The van der Waals surface area contributed by atoms with Gasteiger partial charge >= 0.3 is 0 Å². The van der Waals surface area contributed by atoms with Crippen LogP contribution in [0.15, 0.2) is 23.2 Å². The fourth-order valence-electron chi connectivity index (χ4n) is 1.13. The van der Waals surface area contributed by atoms with Gasteiger partial charge in [-0.1, -0.05) is 11.6 Å². The molecule has 0 aromatic carbocycles. The summed E-state index contributed by atoms with van der Waals surface area (Å²) < 4.78 is 19.5. The molecule has 0 aliphatic heterocycles. The van der Waals surface area contributed by atoms with E-state index < -0.39 is 9.73 Å². The molecular weight excluding hydrogens is 208 g/mol. The third-order valence-electron chi connectivity index (χ3n) is 2.04. The molecule has 1 atom stereocenters. The highest BCUT2D eigenvalue weighted by atomic mass is 35.5. The molecule has 3 nitrogen and oxygen atoms in total. The molecule has 0 unspecified atom stereocenters. The average Bonchev–Trinajstić information content (AvgIpc) is 2.87. The molecule has 1 aromatic heterocycles. The Morgan fingerprint density at radius 2 is 2.23 bits per heavy atom. The molecule has 1 aromatic rings. The summed E-state index contributed by atoms with van der Waals surface area (Å²) in [6, 6.07) is 3.20. The predicted molar refractivity (Wildman–Crippen MR) is 51.4 cm³/mol. The quantitative estimate of drug-likeness (QED) is 0.772. The summed E-state index contributed by atoms with van der Waals surface area (Å²) >= 11 is 5.59. The number of halogens is 1. The minimum atomic E-state index is -2.60. The largest absolute Gasteiger partial charge is 0.249 e. The molecule has 1 saturated carbocycles. The van der Waals surface area contributed by atoms with Crippen molar-refractivity contribution in [2.45, 2.75) is 23.0 Å². The SMILES string of the molecule is N=[S@](=O)(c1ccc(Cl)nc1)C1CC1. The van der Waals surface area contributed by atoms with E-state index in [1.807, 2.05) is 0 Å². The molecular formula is C8H9ClN2OS. The maximum atomic E-state index is 11.8. The normalized spacial score (nSPS) is 21.0. The smallest absolute Gasteiger partial charge is 0.129 e. The van der Waals surface area contributed by atoms with Crippen LogP contribution in [0.2, 0.25) is 5.15 Å². The molecule has 0 saturated heterocycles. The number of hydrogen-bond acceptors (Lipinski definition) is 3. The lowest BCUT2D eigenvalue weighted by Gasteiger charge is -2.04. The fourth-order valence-corrected chi connectivity index (χ4v) is 2.91. The van der Waals surface area contributed by atoms with Gasteiger partial charge in [-0.25, -0.2) is 14.0 Å². The first-order chi connectivity index (χ1) is 6.10. The lowest BCUT2D eigenvalue weighted by molar-refractivity contribution is 0.673. The predicted octanol–water partition coefficient (Wildman–Crippen LogP) is 2.30. The fraction of sp³-hybridized carbons (Fsp3) is 0.375. The highest BCUT2D eigenvalue weighted by Gasteiger charge is 2.33. The maximum absolute atomic E-state index is 11.8. The zero-order valence-electron chi connectivity index (χ0n) is 6.87. The van der Waals surface area contributed by atoms with E-state index in [4.69, 9.17) is 16.4 Å². The Hall–Kier alpha value is -0.610. The number of hydrogen-bond donors (Lipinski definition) is 1. The third-order valence-corrected chi connectivity index (χ3v) is 4.62. The number of rotatable bonds is 2. The van der Waals surface area contributed by atoms with Crippen molar-refractivity contribution in [1.29, 1.82) is 4.78 Å². The van der Waals surface area contributed by atoms with Crippen molar-refractivity contribution in [3.05, 3.63) is 23.5 Å². The third kappa shape index (κ3) is 1.69. The Balaban J connectivity index is 2.40. The van der Waals surface area contributed by atoms with Gasteiger partial charge in [-0.2, -0.15) is 0 Å². The van der Waals surface area contributed by atoms with Crippen LogP contribution in [0.5, 0.6) is 0 Å². The van der Waals surface area contributed by atoms with Crippen molar-refractivity contribution >= 4 is 21.3 Å². The van der Waals surface area contributed by atoms with Crippen LogP contribution in [0.3, 0.4) is 0 Å². The summed E-state index contributed by atoms with van der Waals surface area (Å²) in [5.74, 6) is 0. The second kappa shape index (κ2) is 2.96. The Bertz CT molecular complexity index is 408. The molecule has 1 heterocycles. The lowest BCUT2D eigenvalue weighted by Crippen LogP contribution is -2.05. The second-order valence-corrected chi connectivity index (χ2v) is 5.84. The van der Waals surface area contributed by atoms with Gasteiger partial charge in [0.15, 0.2) is 0 Å². The van der Waals surface area contributed by atoms with Crippen molar-refractivity contribution in [1.82, 2.24) is 4.98 Å². The molecule has 2 rings (SSSR count). The van der Waals surface area contributed by atoms with Crippen LogP contribution in [-0.4, -0.2) is 14.4 Å². The molecule has 1 aliphatic rings. The zero-order chi connectivity index (χ0) is 9.47. The van der Waals surface area contributed by atoms with E-state index in [-0.39, 0.29) is 5.25 Å². The van der Waals surface area contributed by atoms with Gasteiger partial charge in [0.1, 0.15) is 5.15 Å². The van der Waals surface area contributed by atoms with E-state index >= 15 is 0 Å². The van der Waals surface area contributed by atoms with Gasteiger partial charge in [0.25, 0.3) is 0 Å². The monoisotopic (exact) mass is 216 g/mol. The molecule has 0 bridgehead atoms. The number of aromatic nitrogens is 1. The standard InChI is InChI=1S/C8H9ClN2OS/c9-8-4-3-7(5-11-8)13(10,12)6-1-2-6/h3-6,10H,1-2H2/t13-/m1/s1. The molecule has 5 heteroatoms. The summed E-state index contributed by atoms with van der Waals surface area (Å²) in [6.07, 6.45) is 3.23. The van der Waals surface area contributed by atoms with Gasteiger partial charge in [-0.05, 0) is 25.0 Å². The van der Waals surface area contributed by atoms with Crippen LogP contribution in [0.1, 0.15) is 12.8 Å². The van der Waals surface area contributed by atoms with Crippen molar-refractivity contribution in [3.63, 3.8) is 0 Å². The summed E-state index contributed by atoms with van der Waals surface area (Å²) in [5, 5.41) is 0.408. The van der Waals surface area contributed by atoms with Crippen molar-refractivity contribution in [2.75, 3.05) is 0 Å².